The van der Waals surface area contributed by atoms with Crippen molar-refractivity contribution >= 4 is 24.0 Å². The topological polar surface area (TPSA) is 15.3 Å². The third kappa shape index (κ3) is 3.60. The summed E-state index contributed by atoms with van der Waals surface area (Å²) in [7, 11) is 0. The van der Waals surface area contributed by atoms with Gasteiger partial charge in [-0.25, -0.2) is 4.39 Å². The Kier molecular flexibility index (Phi) is 5.07. The summed E-state index contributed by atoms with van der Waals surface area (Å²) in [5, 5.41) is 3.95. The zero-order chi connectivity index (χ0) is 12.5. The predicted octanol–water partition coefficient (Wildman–Crippen LogP) is 2.94. The lowest BCUT2D eigenvalue weighted by molar-refractivity contribution is 0.142. The Labute approximate surface area is 124 Å². The van der Waals surface area contributed by atoms with Gasteiger partial charge in [0.25, 0.3) is 0 Å². The molecule has 1 aromatic rings. The maximum Gasteiger partial charge on any atom is 0.125 e. The second-order valence-electron chi connectivity index (χ2n) is 5.48. The van der Waals surface area contributed by atoms with Gasteiger partial charge in [0, 0.05) is 18.1 Å². The fraction of sp³-hybridized carbons (Fsp3) is 0.571. The largest absolute Gasteiger partial charge is 0.316 e. The van der Waals surface area contributed by atoms with Crippen LogP contribution in [-0.2, 0) is 6.54 Å². The Hall–Kier alpha value is -0.350. The highest BCUT2D eigenvalue weighted by molar-refractivity contribution is 6.30. The van der Waals surface area contributed by atoms with Gasteiger partial charge in [-0.15, -0.1) is 12.4 Å². The number of likely N-dealkylation sites (tertiary alicyclic amines) is 1. The van der Waals surface area contributed by atoms with Crippen molar-refractivity contribution in [2.75, 3.05) is 26.2 Å². The monoisotopic (exact) mass is 304 g/mol. The average molecular weight is 305 g/mol. The van der Waals surface area contributed by atoms with Gasteiger partial charge in [-0.1, -0.05) is 11.6 Å². The Morgan fingerprint density at radius 2 is 2.05 bits per heavy atom. The van der Waals surface area contributed by atoms with Crippen molar-refractivity contribution in [2.24, 2.45) is 11.8 Å². The van der Waals surface area contributed by atoms with E-state index in [-0.39, 0.29) is 18.2 Å². The molecule has 0 aromatic heterocycles. The molecule has 2 aliphatic rings. The molecule has 2 saturated heterocycles. The number of halogens is 3. The summed E-state index contributed by atoms with van der Waals surface area (Å²) in [6, 6.07) is 4.81. The lowest BCUT2D eigenvalue weighted by Crippen LogP contribution is -2.39. The van der Waals surface area contributed by atoms with Crippen LogP contribution in [0.3, 0.4) is 0 Å². The zero-order valence-electron chi connectivity index (χ0n) is 10.7. The molecule has 0 bridgehead atoms. The molecule has 5 heteroatoms. The lowest BCUT2D eigenvalue weighted by atomic mass is 9.88. The number of piperidine rings is 1. The first kappa shape index (κ1) is 15.0. The highest BCUT2D eigenvalue weighted by Gasteiger charge is 2.32. The standard InChI is InChI=1S/C14H18ClFN2.ClH/c15-13-3-10(4-14(16)5-13)8-18-2-1-11-6-17-7-12(11)9-18;/h3-5,11-12,17H,1-2,6-9H2;1H. The first-order chi connectivity index (χ1) is 8.70. The van der Waals surface area contributed by atoms with Crippen LogP contribution < -0.4 is 5.32 Å². The molecule has 19 heavy (non-hydrogen) atoms. The van der Waals surface area contributed by atoms with Crippen LogP contribution in [-0.4, -0.2) is 31.1 Å². The summed E-state index contributed by atoms with van der Waals surface area (Å²) in [5.74, 6) is 1.37. The molecule has 0 spiro atoms. The van der Waals surface area contributed by atoms with Crippen molar-refractivity contribution in [1.82, 2.24) is 10.2 Å². The number of benzene rings is 1. The van der Waals surface area contributed by atoms with E-state index in [0.29, 0.717) is 5.02 Å². The van der Waals surface area contributed by atoms with Gasteiger partial charge in [-0.05, 0) is 61.7 Å². The minimum absolute atomic E-state index is 0. The molecule has 2 nitrogen and oxygen atoms in total. The summed E-state index contributed by atoms with van der Waals surface area (Å²) in [4.78, 5) is 2.42. The van der Waals surface area contributed by atoms with E-state index in [1.54, 1.807) is 6.07 Å². The normalized spacial score (nSPS) is 26.8. The second-order valence-corrected chi connectivity index (χ2v) is 5.92. The van der Waals surface area contributed by atoms with Crippen molar-refractivity contribution in [3.63, 3.8) is 0 Å². The summed E-state index contributed by atoms with van der Waals surface area (Å²) in [6.45, 7) is 5.33. The van der Waals surface area contributed by atoms with Crippen LogP contribution in [0, 0.1) is 17.7 Å². The van der Waals surface area contributed by atoms with E-state index < -0.39 is 0 Å². The minimum atomic E-state index is -0.241. The molecule has 106 valence electrons. The Bertz CT molecular complexity index is 421. The number of rotatable bonds is 2. The summed E-state index contributed by atoms with van der Waals surface area (Å²) >= 11 is 5.89. The molecular weight excluding hydrogens is 286 g/mol. The number of nitrogens with one attached hydrogen (secondary N) is 1. The fourth-order valence-corrected chi connectivity index (χ4v) is 3.46. The van der Waals surface area contributed by atoms with E-state index in [9.17, 15) is 4.39 Å². The molecule has 1 N–H and O–H groups in total. The molecule has 2 atom stereocenters. The number of fused-ring (bicyclic) bond motifs is 1. The SMILES string of the molecule is Cl.Fc1cc(Cl)cc(CN2CCC3CNCC3C2)c1. The van der Waals surface area contributed by atoms with E-state index in [2.05, 4.69) is 10.2 Å². The van der Waals surface area contributed by atoms with Gasteiger partial charge in [-0.2, -0.15) is 0 Å². The third-order valence-corrected chi connectivity index (χ3v) is 4.34. The molecular formula is C14H19Cl2FN2. The Balaban J connectivity index is 0.00000133. The van der Waals surface area contributed by atoms with Gasteiger partial charge in [-0.3, -0.25) is 4.90 Å². The highest BCUT2D eigenvalue weighted by atomic mass is 35.5. The molecule has 0 saturated carbocycles. The lowest BCUT2D eigenvalue weighted by Gasteiger charge is -2.34. The first-order valence-electron chi connectivity index (χ1n) is 6.59. The maximum absolute atomic E-state index is 13.3. The van der Waals surface area contributed by atoms with Gasteiger partial charge in [0.05, 0.1) is 0 Å². The maximum atomic E-state index is 13.3. The average Bonchev–Trinajstić information content (AvgIpc) is 2.74. The fourth-order valence-electron chi connectivity index (χ4n) is 3.21. The van der Waals surface area contributed by atoms with Crippen LogP contribution >= 0.6 is 24.0 Å². The molecule has 0 radical (unpaired) electrons. The van der Waals surface area contributed by atoms with Gasteiger partial charge in [0.2, 0.25) is 0 Å². The van der Waals surface area contributed by atoms with Crippen LogP contribution in [0.4, 0.5) is 4.39 Å². The molecule has 1 aromatic carbocycles. The molecule has 2 heterocycles. The number of hydrogen-bond donors (Lipinski definition) is 1. The van der Waals surface area contributed by atoms with E-state index in [4.69, 9.17) is 11.6 Å². The van der Waals surface area contributed by atoms with Crippen molar-refractivity contribution in [2.45, 2.75) is 13.0 Å². The van der Waals surface area contributed by atoms with E-state index in [0.717, 1.165) is 43.6 Å². The van der Waals surface area contributed by atoms with E-state index in [1.165, 1.54) is 19.0 Å². The molecule has 2 fully saturated rings. The Morgan fingerprint density at radius 1 is 1.26 bits per heavy atom. The smallest absolute Gasteiger partial charge is 0.125 e. The second kappa shape index (κ2) is 6.40. The number of nitrogens with zero attached hydrogens (tertiary/aromatic N) is 1. The highest BCUT2D eigenvalue weighted by Crippen LogP contribution is 2.27. The molecule has 2 unspecified atom stereocenters. The summed E-state index contributed by atoms with van der Waals surface area (Å²) in [6.07, 6.45) is 1.25. The predicted molar refractivity (Wildman–Crippen MR) is 78.4 cm³/mol. The van der Waals surface area contributed by atoms with Crippen LogP contribution in [0.5, 0.6) is 0 Å². The third-order valence-electron chi connectivity index (χ3n) is 4.12. The Morgan fingerprint density at radius 3 is 2.84 bits per heavy atom. The van der Waals surface area contributed by atoms with Crippen molar-refractivity contribution < 1.29 is 4.39 Å². The van der Waals surface area contributed by atoms with Gasteiger partial charge < -0.3 is 5.32 Å². The van der Waals surface area contributed by atoms with Crippen molar-refractivity contribution in [1.29, 1.82) is 0 Å². The quantitative estimate of drug-likeness (QED) is 0.904. The van der Waals surface area contributed by atoms with Crippen LogP contribution in [0.2, 0.25) is 5.02 Å². The number of hydrogen-bond acceptors (Lipinski definition) is 2. The summed E-state index contributed by atoms with van der Waals surface area (Å²) in [5.41, 5.74) is 0.976. The van der Waals surface area contributed by atoms with Crippen molar-refractivity contribution in [3.05, 3.63) is 34.6 Å². The van der Waals surface area contributed by atoms with Gasteiger partial charge in [0.1, 0.15) is 5.82 Å². The van der Waals surface area contributed by atoms with Gasteiger partial charge in [0.15, 0.2) is 0 Å². The zero-order valence-corrected chi connectivity index (χ0v) is 12.3. The summed E-state index contributed by atoms with van der Waals surface area (Å²) < 4.78 is 13.3. The van der Waals surface area contributed by atoms with Crippen LogP contribution in [0.1, 0.15) is 12.0 Å². The van der Waals surface area contributed by atoms with Crippen molar-refractivity contribution in [3.8, 4) is 0 Å². The van der Waals surface area contributed by atoms with E-state index in [1.807, 2.05) is 6.07 Å². The molecule has 0 aliphatic carbocycles. The molecule has 3 rings (SSSR count). The van der Waals surface area contributed by atoms with Gasteiger partial charge >= 0.3 is 0 Å². The molecule has 0 amide bonds. The first-order valence-corrected chi connectivity index (χ1v) is 6.96. The van der Waals surface area contributed by atoms with Crippen LogP contribution in [0.15, 0.2) is 18.2 Å². The van der Waals surface area contributed by atoms with Crippen LogP contribution in [0.25, 0.3) is 0 Å². The molecule has 2 aliphatic heterocycles. The minimum Gasteiger partial charge on any atom is -0.316 e. The van der Waals surface area contributed by atoms with E-state index >= 15 is 0 Å².